The highest BCUT2D eigenvalue weighted by Crippen LogP contribution is 2.38. The number of aromatic nitrogens is 2. The molecule has 0 atom stereocenters. The molecule has 0 radical (unpaired) electrons. The van der Waals surface area contributed by atoms with E-state index in [1.165, 1.54) is 22.8 Å². The van der Waals surface area contributed by atoms with E-state index in [2.05, 4.69) is 10.3 Å². The lowest BCUT2D eigenvalue weighted by Gasteiger charge is -2.18. The van der Waals surface area contributed by atoms with Crippen molar-refractivity contribution in [3.63, 3.8) is 0 Å². The second-order valence-electron chi connectivity index (χ2n) is 8.61. The smallest absolute Gasteiger partial charge is 0.274 e. The zero-order chi connectivity index (χ0) is 24.6. The standard InChI is InChI=1S/C25H23F2N3O4/c1-25(2,33)13-29-23(31)14-4-6-20(34-21-7-5-15(26)11-19(21)27)17(10-14)18-12-30(3)24(32)22-16(18)8-9-28-22/h4-12,28,33H,13H2,1-3H3,(H,29,31). The van der Waals surface area contributed by atoms with Crippen molar-refractivity contribution in [2.75, 3.05) is 6.54 Å². The van der Waals surface area contributed by atoms with Gasteiger partial charge in [0.15, 0.2) is 11.6 Å². The first-order valence-corrected chi connectivity index (χ1v) is 10.5. The van der Waals surface area contributed by atoms with Crippen LogP contribution in [0.1, 0.15) is 24.2 Å². The second-order valence-corrected chi connectivity index (χ2v) is 8.61. The Labute approximate surface area is 193 Å². The fourth-order valence-corrected chi connectivity index (χ4v) is 3.53. The molecule has 176 valence electrons. The molecule has 2 heterocycles. The molecule has 0 saturated heterocycles. The summed E-state index contributed by atoms with van der Waals surface area (Å²) in [5.74, 6) is -2.05. The Morgan fingerprint density at radius 2 is 1.85 bits per heavy atom. The fraction of sp³-hybridized carbons (Fsp3) is 0.200. The van der Waals surface area contributed by atoms with Gasteiger partial charge >= 0.3 is 0 Å². The van der Waals surface area contributed by atoms with Crippen molar-refractivity contribution in [3.8, 4) is 22.6 Å². The molecule has 0 unspecified atom stereocenters. The zero-order valence-corrected chi connectivity index (χ0v) is 18.8. The van der Waals surface area contributed by atoms with Crippen LogP contribution < -0.4 is 15.6 Å². The monoisotopic (exact) mass is 467 g/mol. The molecule has 0 bridgehead atoms. The highest BCUT2D eigenvalue weighted by Gasteiger charge is 2.20. The molecule has 0 fully saturated rings. The lowest BCUT2D eigenvalue weighted by Crippen LogP contribution is -2.38. The summed E-state index contributed by atoms with van der Waals surface area (Å²) in [5.41, 5.74) is 0.263. The summed E-state index contributed by atoms with van der Waals surface area (Å²) >= 11 is 0. The van der Waals surface area contributed by atoms with Crippen LogP contribution in [0, 0.1) is 11.6 Å². The molecule has 0 aliphatic rings. The van der Waals surface area contributed by atoms with Crippen LogP contribution in [-0.2, 0) is 7.05 Å². The number of aryl methyl sites for hydroxylation is 1. The molecule has 1 amide bonds. The quantitative estimate of drug-likeness (QED) is 0.398. The first-order valence-electron chi connectivity index (χ1n) is 10.5. The lowest BCUT2D eigenvalue weighted by molar-refractivity contribution is 0.0694. The van der Waals surface area contributed by atoms with Gasteiger partial charge in [-0.3, -0.25) is 9.59 Å². The van der Waals surface area contributed by atoms with Gasteiger partial charge in [-0.25, -0.2) is 8.78 Å². The molecule has 0 spiro atoms. The van der Waals surface area contributed by atoms with E-state index in [0.717, 1.165) is 6.07 Å². The van der Waals surface area contributed by atoms with Crippen LogP contribution in [0.2, 0.25) is 0 Å². The van der Waals surface area contributed by atoms with E-state index in [4.69, 9.17) is 4.74 Å². The average molecular weight is 467 g/mol. The van der Waals surface area contributed by atoms with E-state index in [-0.39, 0.29) is 29.2 Å². The van der Waals surface area contributed by atoms with E-state index in [1.807, 2.05) is 0 Å². The minimum Gasteiger partial charge on any atom is -0.454 e. The van der Waals surface area contributed by atoms with E-state index in [0.29, 0.717) is 28.1 Å². The van der Waals surface area contributed by atoms with Gasteiger partial charge in [-0.1, -0.05) is 0 Å². The van der Waals surface area contributed by atoms with E-state index < -0.39 is 23.1 Å². The van der Waals surface area contributed by atoms with Gasteiger partial charge in [0.1, 0.15) is 17.1 Å². The van der Waals surface area contributed by atoms with Gasteiger partial charge in [0.25, 0.3) is 11.5 Å². The number of nitrogens with one attached hydrogen (secondary N) is 2. The number of hydrogen-bond donors (Lipinski definition) is 3. The number of fused-ring (bicyclic) bond motifs is 1. The summed E-state index contributed by atoms with van der Waals surface area (Å²) in [6.45, 7) is 3.17. The molecule has 7 nitrogen and oxygen atoms in total. The molecular formula is C25H23F2N3O4. The minimum atomic E-state index is -1.10. The lowest BCUT2D eigenvalue weighted by atomic mass is 9.99. The van der Waals surface area contributed by atoms with Crippen LogP contribution >= 0.6 is 0 Å². The van der Waals surface area contributed by atoms with E-state index >= 15 is 0 Å². The Balaban J connectivity index is 1.86. The van der Waals surface area contributed by atoms with Gasteiger partial charge in [-0.2, -0.15) is 0 Å². The largest absolute Gasteiger partial charge is 0.454 e. The number of pyridine rings is 1. The van der Waals surface area contributed by atoms with Crippen LogP contribution in [0.25, 0.3) is 22.0 Å². The van der Waals surface area contributed by atoms with Crippen molar-refractivity contribution in [1.29, 1.82) is 0 Å². The summed E-state index contributed by atoms with van der Waals surface area (Å²) in [6, 6.07) is 9.23. The number of hydrogen-bond acceptors (Lipinski definition) is 4. The normalized spacial score (nSPS) is 11.6. The number of amides is 1. The first-order chi connectivity index (χ1) is 16.0. The fourth-order valence-electron chi connectivity index (χ4n) is 3.53. The zero-order valence-electron chi connectivity index (χ0n) is 18.8. The van der Waals surface area contributed by atoms with Crippen molar-refractivity contribution < 1.29 is 23.4 Å². The number of aliphatic hydroxyl groups is 1. The number of benzene rings is 2. The number of nitrogens with zero attached hydrogens (tertiary/aromatic N) is 1. The molecular weight excluding hydrogens is 444 g/mol. The third-order valence-corrected chi connectivity index (χ3v) is 5.22. The molecule has 4 aromatic rings. The highest BCUT2D eigenvalue weighted by atomic mass is 19.1. The molecule has 4 rings (SSSR count). The van der Waals surface area contributed by atoms with Crippen molar-refractivity contribution in [2.24, 2.45) is 7.05 Å². The van der Waals surface area contributed by atoms with Gasteiger partial charge in [-0.15, -0.1) is 0 Å². The molecule has 3 N–H and O–H groups in total. The summed E-state index contributed by atoms with van der Waals surface area (Å²) in [5, 5.41) is 13.2. The highest BCUT2D eigenvalue weighted by molar-refractivity contribution is 6.00. The molecule has 0 saturated carbocycles. The van der Waals surface area contributed by atoms with Gasteiger partial charge < -0.3 is 24.7 Å². The Bertz CT molecular complexity index is 1450. The molecule has 0 aliphatic carbocycles. The SMILES string of the molecule is Cn1cc(-c2cc(C(=O)NCC(C)(C)O)ccc2Oc2ccc(F)cc2F)c2cc[nH]c2c1=O. The summed E-state index contributed by atoms with van der Waals surface area (Å²) < 4.78 is 34.8. The van der Waals surface area contributed by atoms with Crippen LogP contribution in [-0.4, -0.2) is 32.7 Å². The summed E-state index contributed by atoms with van der Waals surface area (Å²) in [4.78, 5) is 28.2. The average Bonchev–Trinajstić information content (AvgIpc) is 3.26. The number of rotatable bonds is 6. The Morgan fingerprint density at radius 3 is 2.56 bits per heavy atom. The van der Waals surface area contributed by atoms with Gasteiger partial charge in [0.2, 0.25) is 0 Å². The number of aromatic amines is 1. The van der Waals surface area contributed by atoms with Crippen molar-refractivity contribution >= 4 is 16.8 Å². The van der Waals surface area contributed by atoms with Crippen molar-refractivity contribution in [1.82, 2.24) is 14.9 Å². The topological polar surface area (TPSA) is 96.3 Å². The molecule has 0 aliphatic heterocycles. The Morgan fingerprint density at radius 1 is 1.12 bits per heavy atom. The van der Waals surface area contributed by atoms with Crippen LogP contribution in [0.15, 0.2) is 59.7 Å². The van der Waals surface area contributed by atoms with Crippen LogP contribution in [0.4, 0.5) is 8.78 Å². The Kier molecular flexibility index (Phi) is 5.97. The maximum absolute atomic E-state index is 14.3. The molecule has 2 aromatic carbocycles. The predicted octanol–water partition coefficient (Wildman–Crippen LogP) is 4.10. The Hall–Kier alpha value is -3.98. The molecule has 9 heteroatoms. The predicted molar refractivity (Wildman–Crippen MR) is 124 cm³/mol. The number of H-pyrrole nitrogens is 1. The third-order valence-electron chi connectivity index (χ3n) is 5.22. The number of carbonyl (C=O) groups is 1. The van der Waals surface area contributed by atoms with Crippen molar-refractivity contribution in [3.05, 3.63) is 82.4 Å². The summed E-state index contributed by atoms with van der Waals surface area (Å²) in [7, 11) is 1.59. The van der Waals surface area contributed by atoms with E-state index in [1.54, 1.807) is 45.4 Å². The molecule has 34 heavy (non-hydrogen) atoms. The van der Waals surface area contributed by atoms with Gasteiger partial charge in [0, 0.05) is 54.1 Å². The second kappa shape index (κ2) is 8.75. The number of halogens is 2. The van der Waals surface area contributed by atoms with Gasteiger partial charge in [-0.05, 0) is 50.2 Å². The maximum atomic E-state index is 14.3. The van der Waals surface area contributed by atoms with Crippen LogP contribution in [0.5, 0.6) is 11.5 Å². The third kappa shape index (κ3) is 4.69. The summed E-state index contributed by atoms with van der Waals surface area (Å²) in [6.07, 6.45) is 3.22. The van der Waals surface area contributed by atoms with Crippen molar-refractivity contribution in [2.45, 2.75) is 19.4 Å². The number of ether oxygens (including phenoxy) is 1. The van der Waals surface area contributed by atoms with E-state index in [9.17, 15) is 23.5 Å². The van der Waals surface area contributed by atoms with Crippen LogP contribution in [0.3, 0.4) is 0 Å². The maximum Gasteiger partial charge on any atom is 0.274 e. The molecule has 2 aromatic heterocycles. The van der Waals surface area contributed by atoms with Gasteiger partial charge in [0.05, 0.1) is 5.60 Å². The first kappa shape index (κ1) is 23.2. The number of carbonyl (C=O) groups excluding carboxylic acids is 1. The minimum absolute atomic E-state index is 0.0299.